The molecular weight excluding hydrogens is 463 g/mol. The maximum absolute atomic E-state index is 11.6. The van der Waals surface area contributed by atoms with E-state index in [9.17, 15) is 4.79 Å². The van der Waals surface area contributed by atoms with E-state index < -0.39 is 0 Å². The van der Waals surface area contributed by atoms with Gasteiger partial charge in [0, 0.05) is 17.1 Å². The molecule has 172 valence electrons. The number of fused-ring (bicyclic) bond motifs is 1. The third kappa shape index (κ3) is 4.76. The second-order valence-corrected chi connectivity index (χ2v) is 8.43. The van der Waals surface area contributed by atoms with Crippen LogP contribution in [0.15, 0.2) is 43.1 Å². The first-order chi connectivity index (χ1) is 15.9. The molecule has 4 rings (SSSR count). The standard InChI is InChI=1S/C24H24Cl2N4O3/c1-4-13-9-19(32-3)23(26)21(22(13)25)14-6-7-16-15(8-14)10-27-24(29-16)30-18-12-33-11-17(18)28-20(31)5-2/h5-10,17-18H,2,4,11-12H2,1,3H3,(H,28,31)(H,27,29,30)/t17-,18+/m1/s1. The van der Waals surface area contributed by atoms with E-state index in [1.54, 1.807) is 13.3 Å². The highest BCUT2D eigenvalue weighted by atomic mass is 35.5. The Morgan fingerprint density at radius 1 is 1.27 bits per heavy atom. The third-order valence-electron chi connectivity index (χ3n) is 5.62. The SMILES string of the molecule is C=CC(=O)N[C@@H]1COC[C@@H]1Nc1ncc2cc(-c3c(Cl)c(CC)cc(OC)c3Cl)ccc2n1. The summed E-state index contributed by atoms with van der Waals surface area (Å²) in [5.41, 5.74) is 3.29. The number of benzene rings is 2. The number of anilines is 1. The molecule has 3 aromatic rings. The van der Waals surface area contributed by atoms with Crippen LogP contribution in [0.4, 0.5) is 5.95 Å². The van der Waals surface area contributed by atoms with Crippen molar-refractivity contribution in [2.45, 2.75) is 25.4 Å². The molecule has 0 aliphatic carbocycles. The molecule has 0 bridgehead atoms. The summed E-state index contributed by atoms with van der Waals surface area (Å²) in [4.78, 5) is 20.7. The fourth-order valence-electron chi connectivity index (χ4n) is 3.83. The van der Waals surface area contributed by atoms with Crippen LogP contribution < -0.4 is 15.4 Å². The lowest BCUT2D eigenvalue weighted by molar-refractivity contribution is -0.117. The van der Waals surface area contributed by atoms with E-state index in [0.29, 0.717) is 35.0 Å². The van der Waals surface area contributed by atoms with E-state index in [1.165, 1.54) is 6.08 Å². The van der Waals surface area contributed by atoms with Gasteiger partial charge in [0.15, 0.2) is 0 Å². The molecule has 2 atom stereocenters. The monoisotopic (exact) mass is 486 g/mol. The van der Waals surface area contributed by atoms with E-state index in [2.05, 4.69) is 27.2 Å². The molecule has 1 aliphatic heterocycles. The first-order valence-electron chi connectivity index (χ1n) is 10.5. The predicted octanol–water partition coefficient (Wildman–Crippen LogP) is 4.66. The molecular formula is C24H24Cl2N4O3. The molecule has 1 aromatic heterocycles. The maximum atomic E-state index is 11.6. The van der Waals surface area contributed by atoms with Crippen molar-refractivity contribution in [3.05, 3.63) is 58.7 Å². The summed E-state index contributed by atoms with van der Waals surface area (Å²) in [7, 11) is 1.59. The van der Waals surface area contributed by atoms with E-state index in [4.69, 9.17) is 32.7 Å². The molecule has 2 N–H and O–H groups in total. The van der Waals surface area contributed by atoms with Crippen LogP contribution in [0.2, 0.25) is 10.0 Å². The third-order valence-corrected chi connectivity index (χ3v) is 6.43. The molecule has 1 saturated heterocycles. The molecule has 0 radical (unpaired) electrons. The van der Waals surface area contributed by atoms with Crippen molar-refractivity contribution in [2.24, 2.45) is 0 Å². The van der Waals surface area contributed by atoms with Gasteiger partial charge in [-0.2, -0.15) is 0 Å². The minimum Gasteiger partial charge on any atom is -0.495 e. The molecule has 1 fully saturated rings. The Morgan fingerprint density at radius 2 is 2.06 bits per heavy atom. The smallest absolute Gasteiger partial charge is 0.243 e. The van der Waals surface area contributed by atoms with Crippen molar-refractivity contribution in [1.82, 2.24) is 15.3 Å². The lowest BCUT2D eigenvalue weighted by Gasteiger charge is -2.19. The van der Waals surface area contributed by atoms with Gasteiger partial charge in [-0.15, -0.1) is 0 Å². The van der Waals surface area contributed by atoms with Gasteiger partial charge in [-0.25, -0.2) is 9.97 Å². The highest BCUT2D eigenvalue weighted by molar-refractivity contribution is 6.40. The molecule has 7 nitrogen and oxygen atoms in total. The van der Waals surface area contributed by atoms with Crippen molar-refractivity contribution in [1.29, 1.82) is 0 Å². The lowest BCUT2D eigenvalue weighted by atomic mass is 9.99. The van der Waals surface area contributed by atoms with Gasteiger partial charge in [0.05, 0.1) is 48.0 Å². The number of ether oxygens (including phenoxy) is 2. The van der Waals surface area contributed by atoms with Crippen LogP contribution >= 0.6 is 23.2 Å². The summed E-state index contributed by atoms with van der Waals surface area (Å²) in [6.07, 6.45) is 3.73. The van der Waals surface area contributed by atoms with Crippen molar-refractivity contribution in [2.75, 3.05) is 25.6 Å². The Labute approximate surface area is 202 Å². The van der Waals surface area contributed by atoms with Crippen molar-refractivity contribution >= 4 is 46.0 Å². The summed E-state index contributed by atoms with van der Waals surface area (Å²) in [6.45, 7) is 6.37. The Bertz CT molecular complexity index is 1190. The lowest BCUT2D eigenvalue weighted by Crippen LogP contribution is -2.45. The highest BCUT2D eigenvalue weighted by Crippen LogP contribution is 2.43. The number of hydrogen-bond acceptors (Lipinski definition) is 6. The number of nitrogens with zero attached hydrogens (tertiary/aromatic N) is 2. The number of aromatic nitrogens is 2. The fourth-order valence-corrected chi connectivity index (χ4v) is 4.60. The number of nitrogens with one attached hydrogen (secondary N) is 2. The van der Waals surface area contributed by atoms with Crippen LogP contribution in [0.5, 0.6) is 5.75 Å². The molecule has 1 amide bonds. The molecule has 1 aliphatic rings. The minimum absolute atomic E-state index is 0.146. The summed E-state index contributed by atoms with van der Waals surface area (Å²) < 4.78 is 10.9. The first-order valence-corrected chi connectivity index (χ1v) is 11.3. The zero-order valence-corrected chi connectivity index (χ0v) is 19.8. The topological polar surface area (TPSA) is 85.4 Å². The molecule has 0 unspecified atom stereocenters. The average Bonchev–Trinajstić information content (AvgIpc) is 3.25. The molecule has 0 spiro atoms. The number of hydrogen-bond donors (Lipinski definition) is 2. The van der Waals surface area contributed by atoms with Crippen molar-refractivity contribution < 1.29 is 14.3 Å². The fraction of sp³-hybridized carbons (Fsp3) is 0.292. The highest BCUT2D eigenvalue weighted by Gasteiger charge is 2.29. The quantitative estimate of drug-likeness (QED) is 0.472. The summed E-state index contributed by atoms with van der Waals surface area (Å²) in [5.74, 6) is 0.792. The van der Waals surface area contributed by atoms with Crippen molar-refractivity contribution in [3.63, 3.8) is 0 Å². The van der Waals surface area contributed by atoms with E-state index in [-0.39, 0.29) is 18.0 Å². The zero-order valence-electron chi connectivity index (χ0n) is 18.3. The van der Waals surface area contributed by atoms with Gasteiger partial charge in [0.25, 0.3) is 0 Å². The zero-order chi connectivity index (χ0) is 23.5. The number of aryl methyl sites for hydroxylation is 1. The molecule has 2 heterocycles. The number of amides is 1. The second-order valence-electron chi connectivity index (χ2n) is 7.67. The Morgan fingerprint density at radius 3 is 2.79 bits per heavy atom. The molecule has 9 heteroatoms. The maximum Gasteiger partial charge on any atom is 0.243 e. The van der Waals surface area contributed by atoms with Gasteiger partial charge >= 0.3 is 0 Å². The number of carbonyl (C=O) groups excluding carboxylic acids is 1. The van der Waals surface area contributed by atoms with E-state index in [0.717, 1.165) is 34.0 Å². The number of methoxy groups -OCH3 is 1. The van der Waals surface area contributed by atoms with Gasteiger partial charge < -0.3 is 20.1 Å². The van der Waals surface area contributed by atoms with Gasteiger partial charge in [-0.05, 0) is 41.8 Å². The van der Waals surface area contributed by atoms with Crippen LogP contribution in [0, 0.1) is 0 Å². The van der Waals surface area contributed by atoms with Gasteiger partial charge in [-0.1, -0.05) is 42.8 Å². The van der Waals surface area contributed by atoms with E-state index >= 15 is 0 Å². The summed E-state index contributed by atoms with van der Waals surface area (Å²) in [6, 6.07) is 7.31. The number of carbonyl (C=O) groups is 1. The van der Waals surface area contributed by atoms with Gasteiger partial charge in [0.2, 0.25) is 11.9 Å². The largest absolute Gasteiger partial charge is 0.495 e. The van der Waals surface area contributed by atoms with E-state index in [1.807, 2.05) is 31.2 Å². The summed E-state index contributed by atoms with van der Waals surface area (Å²) >= 11 is 13.3. The molecule has 2 aromatic carbocycles. The Balaban J connectivity index is 1.63. The normalized spacial score (nSPS) is 17.7. The molecule has 33 heavy (non-hydrogen) atoms. The van der Waals surface area contributed by atoms with Crippen LogP contribution in [0.1, 0.15) is 12.5 Å². The Kier molecular flexibility index (Phi) is 7.02. The summed E-state index contributed by atoms with van der Waals surface area (Å²) in [5, 5.41) is 8.02. The number of halogens is 2. The van der Waals surface area contributed by atoms with Crippen LogP contribution in [0.3, 0.4) is 0 Å². The predicted molar refractivity (Wildman–Crippen MR) is 131 cm³/mol. The van der Waals surface area contributed by atoms with Crippen LogP contribution in [0.25, 0.3) is 22.0 Å². The number of rotatable bonds is 7. The second kappa shape index (κ2) is 9.95. The first kappa shape index (κ1) is 23.3. The van der Waals surface area contributed by atoms with Crippen LogP contribution in [-0.2, 0) is 16.0 Å². The Hall–Kier alpha value is -2.87. The van der Waals surface area contributed by atoms with Gasteiger partial charge in [0.1, 0.15) is 5.75 Å². The minimum atomic E-state index is -0.245. The van der Waals surface area contributed by atoms with Crippen LogP contribution in [-0.4, -0.2) is 48.3 Å². The molecule has 0 saturated carbocycles. The van der Waals surface area contributed by atoms with Crippen molar-refractivity contribution in [3.8, 4) is 16.9 Å². The van der Waals surface area contributed by atoms with Gasteiger partial charge in [-0.3, -0.25) is 4.79 Å². The average molecular weight is 487 g/mol.